The number of para-hydroxylation sites is 2. The van der Waals surface area contributed by atoms with Gasteiger partial charge in [0.1, 0.15) is 0 Å². The van der Waals surface area contributed by atoms with Gasteiger partial charge < -0.3 is 16.0 Å². The van der Waals surface area contributed by atoms with E-state index in [0.717, 1.165) is 17.1 Å². The van der Waals surface area contributed by atoms with Crippen LogP contribution in [0.3, 0.4) is 0 Å². The van der Waals surface area contributed by atoms with Crippen molar-refractivity contribution in [2.75, 3.05) is 5.73 Å². The minimum absolute atomic E-state index is 0.000554. The highest BCUT2D eigenvalue weighted by Gasteiger charge is 2.34. The van der Waals surface area contributed by atoms with E-state index in [9.17, 15) is 13.2 Å². The van der Waals surface area contributed by atoms with Crippen molar-refractivity contribution in [2.45, 2.75) is 25.2 Å². The first-order chi connectivity index (χ1) is 14.7. The van der Waals surface area contributed by atoms with Crippen molar-refractivity contribution in [3.05, 3.63) is 94.2 Å². The highest BCUT2D eigenvalue weighted by molar-refractivity contribution is 6.33. The number of aromatic nitrogens is 3. The first kappa shape index (κ1) is 21.1. The van der Waals surface area contributed by atoms with Crippen LogP contribution in [0.2, 0.25) is 5.02 Å². The molecule has 0 bridgehead atoms. The Kier molecular flexibility index (Phi) is 5.60. The van der Waals surface area contributed by atoms with E-state index in [1.165, 1.54) is 6.07 Å². The summed E-state index contributed by atoms with van der Waals surface area (Å²) >= 11 is 5.94. The number of imidazole rings is 1. The zero-order chi connectivity index (χ0) is 22.2. The van der Waals surface area contributed by atoms with Crippen molar-refractivity contribution in [1.82, 2.24) is 14.5 Å². The van der Waals surface area contributed by atoms with Crippen LogP contribution in [-0.4, -0.2) is 14.5 Å². The molecule has 0 aliphatic carbocycles. The Morgan fingerprint density at radius 2 is 1.87 bits per heavy atom. The average molecular weight is 445 g/mol. The van der Waals surface area contributed by atoms with Gasteiger partial charge in [-0.05, 0) is 47.9 Å². The minimum atomic E-state index is -4.63. The van der Waals surface area contributed by atoms with Gasteiger partial charge in [0, 0.05) is 12.4 Å². The normalized spacial score (nSPS) is 12.9. The van der Waals surface area contributed by atoms with Crippen LogP contribution >= 0.6 is 11.6 Å². The molecule has 0 aliphatic rings. The molecule has 0 radical (unpaired) electrons. The average Bonchev–Trinajstić information content (AvgIpc) is 3.09. The van der Waals surface area contributed by atoms with Crippen LogP contribution in [0.5, 0.6) is 0 Å². The zero-order valence-corrected chi connectivity index (χ0v) is 17.0. The molecular formula is C22H18ClF3N5-. The molecule has 0 aliphatic heterocycles. The lowest BCUT2D eigenvalue weighted by Gasteiger charge is -2.23. The molecule has 160 valence electrons. The van der Waals surface area contributed by atoms with E-state index < -0.39 is 23.5 Å². The summed E-state index contributed by atoms with van der Waals surface area (Å²) < 4.78 is 41.8. The van der Waals surface area contributed by atoms with Crippen LogP contribution in [0.15, 0.2) is 60.9 Å². The molecule has 4 aromatic rings. The fourth-order valence-corrected chi connectivity index (χ4v) is 3.80. The lowest BCUT2D eigenvalue weighted by Crippen LogP contribution is -2.12. The number of nitrogens with one attached hydrogen (secondary N) is 1. The molecule has 2 aromatic heterocycles. The van der Waals surface area contributed by atoms with Gasteiger partial charge in [0.05, 0.1) is 39.7 Å². The number of rotatable bonds is 5. The summed E-state index contributed by atoms with van der Waals surface area (Å²) in [5.74, 6) is 0.451. The molecule has 3 N–H and O–H groups in total. The number of hydrogen-bond donors (Lipinski definition) is 1. The maximum absolute atomic E-state index is 13.3. The fourth-order valence-electron chi connectivity index (χ4n) is 3.55. The predicted octanol–water partition coefficient (Wildman–Crippen LogP) is 6.07. The predicted molar refractivity (Wildman–Crippen MR) is 115 cm³/mol. The summed E-state index contributed by atoms with van der Waals surface area (Å²) in [6, 6.07) is 12.6. The third-order valence-electron chi connectivity index (χ3n) is 4.99. The van der Waals surface area contributed by atoms with E-state index in [1.807, 2.05) is 41.0 Å². The number of benzene rings is 2. The molecule has 0 saturated carbocycles. The smallest absolute Gasteiger partial charge is 0.418 e. The Morgan fingerprint density at radius 3 is 2.58 bits per heavy atom. The molecule has 5 nitrogen and oxygen atoms in total. The van der Waals surface area contributed by atoms with Crippen LogP contribution in [0.1, 0.15) is 28.6 Å². The van der Waals surface area contributed by atoms with Gasteiger partial charge in [-0.1, -0.05) is 35.8 Å². The topological polar surface area (TPSA) is 80.5 Å². The Balaban J connectivity index is 1.72. The highest BCUT2D eigenvalue weighted by Crippen LogP contribution is 2.39. The Hall–Kier alpha value is -3.10. The van der Waals surface area contributed by atoms with Crippen molar-refractivity contribution >= 4 is 28.3 Å². The number of anilines is 1. The second-order valence-electron chi connectivity index (χ2n) is 7.20. The second kappa shape index (κ2) is 8.20. The van der Waals surface area contributed by atoms with Crippen molar-refractivity contribution in [3.8, 4) is 0 Å². The first-order valence-corrected chi connectivity index (χ1v) is 9.82. The molecule has 0 fully saturated rings. The summed E-state index contributed by atoms with van der Waals surface area (Å²) in [5, 5.41) is -0.180. The quantitative estimate of drug-likeness (QED) is 0.379. The maximum Gasteiger partial charge on any atom is 0.418 e. The van der Waals surface area contributed by atoms with Crippen LogP contribution in [-0.2, 0) is 19.1 Å². The Labute approximate surface area is 181 Å². The number of nitrogens with zero attached hydrogens (tertiary/aromatic N) is 3. The molecule has 0 saturated heterocycles. The summed E-state index contributed by atoms with van der Waals surface area (Å²) in [6.45, 7) is 0.440. The Morgan fingerprint density at radius 1 is 1.10 bits per heavy atom. The largest absolute Gasteiger partial charge is 0.668 e. The van der Waals surface area contributed by atoms with E-state index in [4.69, 9.17) is 23.1 Å². The summed E-state index contributed by atoms with van der Waals surface area (Å²) in [7, 11) is 0. The molecule has 2 heterocycles. The number of nitrogens with two attached hydrogens (primary N) is 1. The van der Waals surface area contributed by atoms with E-state index in [0.29, 0.717) is 17.9 Å². The van der Waals surface area contributed by atoms with E-state index in [2.05, 4.69) is 9.97 Å². The third kappa shape index (κ3) is 4.35. The molecule has 0 amide bonds. The SMILES string of the molecule is [NH-]C(Cc1cc(Cl)c(N)c(C(F)(F)F)c1)c1nc2ccccc2n1Cc1cccnc1. The van der Waals surface area contributed by atoms with Gasteiger partial charge >= 0.3 is 6.18 Å². The van der Waals surface area contributed by atoms with Crippen LogP contribution in [0.4, 0.5) is 18.9 Å². The minimum Gasteiger partial charge on any atom is -0.668 e. The van der Waals surface area contributed by atoms with Gasteiger partial charge in [-0.2, -0.15) is 13.2 Å². The number of halogens is 4. The molecular weight excluding hydrogens is 427 g/mol. The second-order valence-corrected chi connectivity index (χ2v) is 7.61. The summed E-state index contributed by atoms with van der Waals surface area (Å²) in [4.78, 5) is 8.72. The van der Waals surface area contributed by atoms with Gasteiger partial charge in [-0.15, -0.1) is 0 Å². The molecule has 31 heavy (non-hydrogen) atoms. The Bertz CT molecular complexity index is 1220. The van der Waals surface area contributed by atoms with Gasteiger partial charge in [0.15, 0.2) is 0 Å². The monoisotopic (exact) mass is 444 g/mol. The molecule has 1 unspecified atom stereocenters. The third-order valence-corrected chi connectivity index (χ3v) is 5.31. The van der Waals surface area contributed by atoms with E-state index >= 15 is 0 Å². The van der Waals surface area contributed by atoms with Crippen LogP contribution < -0.4 is 5.73 Å². The molecule has 4 rings (SSSR count). The lowest BCUT2D eigenvalue weighted by atomic mass is 10.0. The molecule has 1 atom stereocenters. The van der Waals surface area contributed by atoms with Crippen LogP contribution in [0.25, 0.3) is 16.8 Å². The number of nitrogen functional groups attached to an aromatic ring is 1. The van der Waals surface area contributed by atoms with E-state index in [1.54, 1.807) is 12.4 Å². The van der Waals surface area contributed by atoms with Gasteiger partial charge in [0.2, 0.25) is 0 Å². The van der Waals surface area contributed by atoms with Gasteiger partial charge in [-0.3, -0.25) is 4.98 Å². The molecule has 2 aromatic carbocycles. The summed E-state index contributed by atoms with van der Waals surface area (Å²) in [5.41, 5.74) is 15.4. The zero-order valence-electron chi connectivity index (χ0n) is 16.2. The standard InChI is InChI=1S/C22H18ClF3N5/c23-16-9-14(8-15(20(16)28)22(24,25)26)10-17(27)21-30-18-5-1-2-6-19(18)31(21)12-13-4-3-7-29-11-13/h1-9,11,17,27H,10,12,28H2/q-1. The first-order valence-electron chi connectivity index (χ1n) is 9.44. The molecule has 0 spiro atoms. The fraction of sp³-hybridized carbons (Fsp3) is 0.182. The summed E-state index contributed by atoms with van der Waals surface area (Å²) in [6.07, 6.45) is -1.23. The van der Waals surface area contributed by atoms with Crippen molar-refractivity contribution in [1.29, 1.82) is 0 Å². The number of fused-ring (bicyclic) bond motifs is 1. The van der Waals surface area contributed by atoms with Crippen molar-refractivity contribution in [2.24, 2.45) is 0 Å². The van der Waals surface area contributed by atoms with Gasteiger partial charge in [0.25, 0.3) is 0 Å². The van der Waals surface area contributed by atoms with E-state index in [-0.39, 0.29) is 17.0 Å². The molecule has 9 heteroatoms. The number of alkyl halides is 3. The van der Waals surface area contributed by atoms with Gasteiger partial charge in [-0.25, -0.2) is 4.98 Å². The number of hydrogen-bond acceptors (Lipinski definition) is 3. The number of pyridine rings is 1. The highest BCUT2D eigenvalue weighted by atomic mass is 35.5. The maximum atomic E-state index is 13.3. The van der Waals surface area contributed by atoms with Crippen molar-refractivity contribution < 1.29 is 13.2 Å². The van der Waals surface area contributed by atoms with Crippen molar-refractivity contribution in [3.63, 3.8) is 0 Å². The lowest BCUT2D eigenvalue weighted by molar-refractivity contribution is -0.136. The van der Waals surface area contributed by atoms with Crippen LogP contribution in [0, 0.1) is 0 Å².